The highest BCUT2D eigenvalue weighted by atomic mass is 19.1. The van der Waals surface area contributed by atoms with Gasteiger partial charge in [0, 0.05) is 101 Å². The Balaban J connectivity index is 0.974. The average molecular weight is 833 g/mol. The standard InChI is InChI=1S/C48H61FN8O4/c1-7-43-41(44(52-38-17-23-60-24-18-38)40-29-51-57(8-2)45(40)53-43)32-54(6)30-34-11-10-14-37(26-34)46(58)50-28-33-15-16-42(49)39(27-33)36-13-9-12-35(25-36)31-55-19-21-56(22-20-55)47(59)61-48(3,4)5/h9-16,25-27,29,38H,7-8,17-24,28,30-32H2,1-6H3,(H,50,58)(H,52,53). The first-order valence-electron chi connectivity index (χ1n) is 21.7. The number of carbonyl (C=O) groups excluding carboxylic acids is 2. The smallest absolute Gasteiger partial charge is 0.410 e. The zero-order chi connectivity index (χ0) is 43.1. The Morgan fingerprint density at radius 3 is 2.43 bits per heavy atom. The van der Waals surface area contributed by atoms with Crippen molar-refractivity contribution in [2.75, 3.05) is 51.8 Å². The molecule has 0 spiro atoms. The molecule has 2 fully saturated rings. The quantitative estimate of drug-likeness (QED) is 0.115. The van der Waals surface area contributed by atoms with E-state index < -0.39 is 5.60 Å². The lowest BCUT2D eigenvalue weighted by Gasteiger charge is -2.35. The van der Waals surface area contributed by atoms with Gasteiger partial charge in [0.15, 0.2) is 5.65 Å². The Kier molecular flexibility index (Phi) is 14.0. The Labute approximate surface area is 359 Å². The Morgan fingerprint density at radius 1 is 0.934 bits per heavy atom. The van der Waals surface area contributed by atoms with Crippen LogP contribution in [0.3, 0.4) is 0 Å². The molecule has 7 rings (SSSR count). The van der Waals surface area contributed by atoms with E-state index in [1.807, 2.05) is 86.2 Å². The summed E-state index contributed by atoms with van der Waals surface area (Å²) in [5.74, 6) is -0.512. The highest BCUT2D eigenvalue weighted by molar-refractivity contribution is 5.94. The van der Waals surface area contributed by atoms with Crippen LogP contribution >= 0.6 is 0 Å². The lowest BCUT2D eigenvalue weighted by molar-refractivity contribution is 0.0139. The van der Waals surface area contributed by atoms with Crippen LogP contribution in [0.4, 0.5) is 14.9 Å². The minimum absolute atomic E-state index is 0.192. The van der Waals surface area contributed by atoms with Crippen molar-refractivity contribution in [3.05, 3.63) is 112 Å². The second-order valence-corrected chi connectivity index (χ2v) is 17.3. The first kappa shape index (κ1) is 43.7. The van der Waals surface area contributed by atoms with E-state index >= 15 is 4.39 Å². The van der Waals surface area contributed by atoms with E-state index in [0.29, 0.717) is 49.9 Å². The van der Waals surface area contributed by atoms with Crippen molar-refractivity contribution in [3.8, 4) is 11.1 Å². The fourth-order valence-electron chi connectivity index (χ4n) is 8.23. The summed E-state index contributed by atoms with van der Waals surface area (Å²) in [6, 6.07) is 21.0. The molecule has 12 nitrogen and oxygen atoms in total. The van der Waals surface area contributed by atoms with Crippen molar-refractivity contribution >= 4 is 28.7 Å². The van der Waals surface area contributed by atoms with Gasteiger partial charge in [-0.2, -0.15) is 5.10 Å². The topological polar surface area (TPSA) is 117 Å². The van der Waals surface area contributed by atoms with Crippen molar-refractivity contribution in [3.63, 3.8) is 0 Å². The van der Waals surface area contributed by atoms with E-state index in [0.717, 1.165) is 96.8 Å². The van der Waals surface area contributed by atoms with Gasteiger partial charge < -0.3 is 25.0 Å². The van der Waals surface area contributed by atoms with Gasteiger partial charge in [-0.05, 0) is 107 Å². The van der Waals surface area contributed by atoms with Crippen LogP contribution in [0.2, 0.25) is 0 Å². The van der Waals surface area contributed by atoms with Crippen LogP contribution in [-0.4, -0.2) is 99.5 Å². The number of piperazine rings is 1. The summed E-state index contributed by atoms with van der Waals surface area (Å²) in [5, 5.41) is 12.6. The zero-order valence-corrected chi connectivity index (χ0v) is 36.6. The van der Waals surface area contributed by atoms with Gasteiger partial charge in [-0.15, -0.1) is 0 Å². The maximum atomic E-state index is 15.3. The molecule has 5 aromatic rings. The van der Waals surface area contributed by atoms with E-state index in [-0.39, 0.29) is 24.4 Å². The van der Waals surface area contributed by atoms with Gasteiger partial charge in [-0.1, -0.05) is 43.3 Å². The predicted octanol–water partition coefficient (Wildman–Crippen LogP) is 8.03. The number of nitrogens with zero attached hydrogens (tertiary/aromatic N) is 6. The van der Waals surface area contributed by atoms with Crippen LogP contribution in [0, 0.1) is 5.82 Å². The number of nitrogens with one attached hydrogen (secondary N) is 2. The minimum Gasteiger partial charge on any atom is -0.444 e. The minimum atomic E-state index is -0.527. The van der Waals surface area contributed by atoms with Gasteiger partial charge in [0.2, 0.25) is 0 Å². The number of pyridine rings is 1. The van der Waals surface area contributed by atoms with Crippen molar-refractivity contribution in [2.24, 2.45) is 0 Å². The molecule has 2 aromatic heterocycles. The van der Waals surface area contributed by atoms with Gasteiger partial charge in [0.25, 0.3) is 5.91 Å². The number of ether oxygens (including phenoxy) is 2. The highest BCUT2D eigenvalue weighted by Gasteiger charge is 2.26. The number of hydrogen-bond acceptors (Lipinski definition) is 9. The van der Waals surface area contributed by atoms with E-state index in [1.54, 1.807) is 11.0 Å². The average Bonchev–Trinajstić information content (AvgIpc) is 3.67. The third-order valence-corrected chi connectivity index (χ3v) is 11.4. The third-order valence-electron chi connectivity index (χ3n) is 11.4. The van der Waals surface area contributed by atoms with E-state index in [1.165, 1.54) is 11.6 Å². The Hall–Kier alpha value is -5.37. The first-order valence-corrected chi connectivity index (χ1v) is 21.7. The molecule has 0 radical (unpaired) electrons. The summed E-state index contributed by atoms with van der Waals surface area (Å²) in [7, 11) is 2.10. The SMILES string of the molecule is CCc1nc2c(cnn2CC)c(NC2CCOCC2)c1CN(C)Cc1cccc(C(=O)NCc2ccc(F)c(-c3cccc(CN4CCN(C(=O)OC(C)(C)C)CC4)c3)c2)c1. The lowest BCUT2D eigenvalue weighted by atomic mass is 10.00. The molecule has 0 aliphatic carbocycles. The number of hydrogen-bond donors (Lipinski definition) is 2. The highest BCUT2D eigenvalue weighted by Crippen LogP contribution is 2.33. The molecule has 2 saturated heterocycles. The van der Waals surface area contributed by atoms with E-state index in [9.17, 15) is 9.59 Å². The molecule has 0 saturated carbocycles. The van der Waals surface area contributed by atoms with Gasteiger partial charge in [0.1, 0.15) is 11.4 Å². The summed E-state index contributed by atoms with van der Waals surface area (Å²) in [6.45, 7) is 17.0. The second-order valence-electron chi connectivity index (χ2n) is 17.3. The molecule has 3 aromatic carbocycles. The summed E-state index contributed by atoms with van der Waals surface area (Å²) in [6.07, 6.45) is 4.36. The molecule has 2 N–H and O–H groups in total. The van der Waals surface area contributed by atoms with Gasteiger partial charge >= 0.3 is 6.09 Å². The van der Waals surface area contributed by atoms with Crippen LogP contribution in [0.15, 0.2) is 72.9 Å². The molecule has 2 aliphatic heterocycles. The molecule has 0 bridgehead atoms. The fourth-order valence-corrected chi connectivity index (χ4v) is 8.23. The summed E-state index contributed by atoms with van der Waals surface area (Å²) in [4.78, 5) is 37.5. The van der Waals surface area contributed by atoms with Crippen LogP contribution in [0.5, 0.6) is 0 Å². The van der Waals surface area contributed by atoms with E-state index in [2.05, 4.69) is 46.4 Å². The second kappa shape index (κ2) is 19.6. The summed E-state index contributed by atoms with van der Waals surface area (Å²) >= 11 is 0. The number of anilines is 1. The Morgan fingerprint density at radius 2 is 1.69 bits per heavy atom. The summed E-state index contributed by atoms with van der Waals surface area (Å²) in [5.41, 5.74) is 8.44. The molecule has 2 aliphatic rings. The number of rotatable bonds is 14. The molecule has 13 heteroatoms. The monoisotopic (exact) mass is 832 g/mol. The van der Waals surface area contributed by atoms with Crippen LogP contribution in [0.1, 0.15) is 85.8 Å². The third kappa shape index (κ3) is 11.1. The number of halogens is 1. The molecule has 2 amide bonds. The molecule has 4 heterocycles. The molecule has 0 unspecified atom stereocenters. The van der Waals surface area contributed by atoms with Crippen molar-refractivity contribution < 1.29 is 23.5 Å². The van der Waals surface area contributed by atoms with Crippen molar-refractivity contribution in [2.45, 2.75) is 98.2 Å². The van der Waals surface area contributed by atoms with Crippen LogP contribution in [0.25, 0.3) is 22.2 Å². The maximum Gasteiger partial charge on any atom is 0.410 e. The molecular formula is C48H61FN8O4. The van der Waals surface area contributed by atoms with Gasteiger partial charge in [0.05, 0.1) is 17.3 Å². The number of benzene rings is 3. The Bertz CT molecular complexity index is 2310. The molecule has 61 heavy (non-hydrogen) atoms. The van der Waals surface area contributed by atoms with E-state index in [4.69, 9.17) is 14.5 Å². The molecule has 0 atom stereocenters. The normalized spacial score (nSPS) is 15.4. The van der Waals surface area contributed by atoms with Crippen LogP contribution in [-0.2, 0) is 48.6 Å². The fraction of sp³-hybridized carbons (Fsp3) is 0.458. The van der Waals surface area contributed by atoms with Crippen LogP contribution < -0.4 is 10.6 Å². The number of fused-ring (bicyclic) bond motifs is 1. The largest absolute Gasteiger partial charge is 0.444 e. The van der Waals surface area contributed by atoms with Crippen molar-refractivity contribution in [1.82, 2.24) is 34.8 Å². The molecule has 324 valence electrons. The number of aryl methyl sites for hydroxylation is 2. The molecular weight excluding hydrogens is 772 g/mol. The van der Waals surface area contributed by atoms with Gasteiger partial charge in [-0.3, -0.25) is 14.6 Å². The predicted molar refractivity (Wildman–Crippen MR) is 238 cm³/mol. The van der Waals surface area contributed by atoms with Gasteiger partial charge in [-0.25, -0.2) is 18.9 Å². The number of amides is 2. The number of carbonyl (C=O) groups is 2. The number of aromatic nitrogens is 3. The first-order chi connectivity index (χ1) is 29.4. The lowest BCUT2D eigenvalue weighted by Crippen LogP contribution is -2.49. The summed E-state index contributed by atoms with van der Waals surface area (Å²) < 4.78 is 28.5. The zero-order valence-electron chi connectivity index (χ0n) is 36.6. The maximum absolute atomic E-state index is 15.3. The van der Waals surface area contributed by atoms with Crippen molar-refractivity contribution in [1.29, 1.82) is 0 Å².